The van der Waals surface area contributed by atoms with E-state index >= 15 is 0 Å². The number of rotatable bonds is 11. The second-order valence-corrected chi connectivity index (χ2v) is 5.92. The van der Waals surface area contributed by atoms with Gasteiger partial charge in [-0.3, -0.25) is 4.79 Å². The summed E-state index contributed by atoms with van der Waals surface area (Å²) in [5, 5.41) is 9.01. The number of hydrogen-bond donors (Lipinski definition) is 1. The summed E-state index contributed by atoms with van der Waals surface area (Å²) in [6.07, 6.45) is 8.29. The first-order chi connectivity index (χ1) is 9.46. The van der Waals surface area contributed by atoms with E-state index in [0.29, 0.717) is 0 Å². The average molecular weight is 285 g/mol. The molecule has 20 heavy (non-hydrogen) atoms. The topological polar surface area (TPSA) is 40.5 Å². The minimum atomic E-state index is 0.105. The van der Waals surface area contributed by atoms with Crippen LogP contribution in [0.4, 0.5) is 0 Å². The van der Waals surface area contributed by atoms with E-state index in [2.05, 4.69) is 21.0 Å². The van der Waals surface area contributed by atoms with Crippen LogP contribution in [0.2, 0.25) is 0 Å². The monoisotopic (exact) mass is 285 g/mol. The molecule has 0 saturated carbocycles. The molecule has 4 heteroatoms. The molecule has 0 radical (unpaired) electrons. The van der Waals surface area contributed by atoms with Crippen LogP contribution in [0, 0.1) is 0 Å². The quantitative estimate of drug-likeness (QED) is 0.358. The molecule has 1 N–H and O–H groups in total. The van der Waals surface area contributed by atoms with Crippen molar-refractivity contribution in [1.82, 2.24) is 4.90 Å². The lowest BCUT2D eigenvalue weighted by molar-refractivity contribution is -0.890. The van der Waals surface area contributed by atoms with E-state index in [0.717, 1.165) is 43.5 Å². The maximum absolute atomic E-state index is 12.1. The summed E-state index contributed by atoms with van der Waals surface area (Å²) in [6.45, 7) is 7.43. The van der Waals surface area contributed by atoms with E-state index < -0.39 is 0 Å². The van der Waals surface area contributed by atoms with Crippen molar-refractivity contribution in [3.63, 3.8) is 0 Å². The summed E-state index contributed by atoms with van der Waals surface area (Å²) in [5.41, 5.74) is 0. The van der Waals surface area contributed by atoms with Gasteiger partial charge < -0.3 is 14.5 Å². The number of carbonyl (C=O) groups excluding carboxylic acids is 1. The van der Waals surface area contributed by atoms with Crippen LogP contribution < -0.4 is 0 Å². The molecule has 0 bridgehead atoms. The van der Waals surface area contributed by atoms with Gasteiger partial charge in [0.1, 0.15) is 6.54 Å². The van der Waals surface area contributed by atoms with Crippen LogP contribution in [0.3, 0.4) is 0 Å². The van der Waals surface area contributed by atoms with Crippen LogP contribution in [0.5, 0.6) is 0 Å². The van der Waals surface area contributed by atoms with Crippen molar-refractivity contribution in [2.45, 2.75) is 39.5 Å². The molecule has 1 amide bonds. The van der Waals surface area contributed by atoms with Crippen molar-refractivity contribution in [2.24, 2.45) is 0 Å². The smallest absolute Gasteiger partial charge is 0.246 e. The average Bonchev–Trinajstić information content (AvgIpc) is 2.39. The molecule has 0 aromatic carbocycles. The number of aliphatic hydroxyl groups is 1. The zero-order valence-corrected chi connectivity index (χ0v) is 13.8. The Hall–Kier alpha value is -0.870. The lowest BCUT2D eigenvalue weighted by atomic mass is 10.2. The summed E-state index contributed by atoms with van der Waals surface area (Å²) < 4.78 is 0.737. The molecule has 0 aliphatic rings. The number of likely N-dealkylation sites (N-methyl/N-ethyl adjacent to an activating group) is 2. The minimum absolute atomic E-state index is 0.105. The lowest BCUT2D eigenvalue weighted by Crippen LogP contribution is -2.47. The first-order valence-corrected chi connectivity index (χ1v) is 7.85. The number of hydrogen-bond acceptors (Lipinski definition) is 2. The predicted octanol–water partition coefficient (Wildman–Crippen LogP) is 2.04. The van der Waals surface area contributed by atoms with Gasteiger partial charge in [0.05, 0.1) is 33.8 Å². The fraction of sp³-hybridized carbons (Fsp3) is 0.812. The Morgan fingerprint density at radius 2 is 1.90 bits per heavy atom. The van der Waals surface area contributed by atoms with Crippen molar-refractivity contribution in [2.75, 3.05) is 46.9 Å². The highest BCUT2D eigenvalue weighted by Gasteiger charge is 2.17. The highest BCUT2D eigenvalue weighted by Crippen LogP contribution is 2.02. The summed E-state index contributed by atoms with van der Waals surface area (Å²) in [7, 11) is 4.16. The number of quaternary nitrogens is 1. The van der Waals surface area contributed by atoms with Gasteiger partial charge in [0.25, 0.3) is 0 Å². The molecule has 4 nitrogen and oxygen atoms in total. The van der Waals surface area contributed by atoms with E-state index in [4.69, 9.17) is 5.11 Å². The van der Waals surface area contributed by atoms with Crippen molar-refractivity contribution in [3.05, 3.63) is 12.2 Å². The summed E-state index contributed by atoms with van der Waals surface area (Å²) in [5.74, 6) is 0.105. The number of carbonyl (C=O) groups is 1. The third kappa shape index (κ3) is 9.10. The normalized spacial score (nSPS) is 12.1. The highest BCUT2D eigenvalue weighted by atomic mass is 16.3. The Morgan fingerprint density at radius 1 is 1.20 bits per heavy atom. The Morgan fingerprint density at radius 3 is 2.45 bits per heavy atom. The van der Waals surface area contributed by atoms with Gasteiger partial charge in [0.2, 0.25) is 5.91 Å². The second-order valence-electron chi connectivity index (χ2n) is 5.92. The fourth-order valence-corrected chi connectivity index (χ4v) is 2.00. The Bertz CT molecular complexity index is 288. The van der Waals surface area contributed by atoms with Gasteiger partial charge in [-0.05, 0) is 25.8 Å². The molecule has 0 aliphatic carbocycles. The largest absolute Gasteiger partial charge is 0.391 e. The first-order valence-electron chi connectivity index (χ1n) is 7.85. The third-order valence-electron chi connectivity index (χ3n) is 3.61. The summed E-state index contributed by atoms with van der Waals surface area (Å²) >= 11 is 0. The van der Waals surface area contributed by atoms with Gasteiger partial charge in [0.15, 0.2) is 0 Å². The molecule has 0 fully saturated rings. The molecular formula is C16H33N2O2+. The van der Waals surface area contributed by atoms with Crippen molar-refractivity contribution in [1.29, 1.82) is 0 Å². The molecule has 0 aromatic rings. The molecule has 0 atom stereocenters. The zero-order valence-electron chi connectivity index (χ0n) is 13.8. The SMILES string of the molecule is CCCCC/C=C/C(=O)N(CC)CC[N+](C)(C)CCO. The van der Waals surface area contributed by atoms with Gasteiger partial charge in [0, 0.05) is 6.54 Å². The number of allylic oxidation sites excluding steroid dienone is 1. The van der Waals surface area contributed by atoms with Gasteiger partial charge in [-0.2, -0.15) is 0 Å². The van der Waals surface area contributed by atoms with E-state index in [1.165, 1.54) is 12.8 Å². The van der Waals surface area contributed by atoms with E-state index in [-0.39, 0.29) is 12.5 Å². The van der Waals surface area contributed by atoms with Gasteiger partial charge in [-0.25, -0.2) is 0 Å². The number of unbranched alkanes of at least 4 members (excludes halogenated alkanes) is 3. The third-order valence-corrected chi connectivity index (χ3v) is 3.61. The van der Waals surface area contributed by atoms with E-state index in [1.807, 2.05) is 17.9 Å². The molecular weight excluding hydrogens is 252 g/mol. The van der Waals surface area contributed by atoms with Crippen LogP contribution >= 0.6 is 0 Å². The van der Waals surface area contributed by atoms with Crippen LogP contribution in [0.1, 0.15) is 39.5 Å². The summed E-state index contributed by atoms with van der Waals surface area (Å²) in [6, 6.07) is 0. The van der Waals surface area contributed by atoms with Crippen LogP contribution in [-0.4, -0.2) is 67.3 Å². The molecule has 0 spiro atoms. The molecule has 0 rings (SSSR count). The molecule has 0 saturated heterocycles. The van der Waals surface area contributed by atoms with Gasteiger partial charge in [-0.15, -0.1) is 0 Å². The number of amides is 1. The highest BCUT2D eigenvalue weighted by molar-refractivity contribution is 5.87. The summed E-state index contributed by atoms with van der Waals surface area (Å²) in [4.78, 5) is 13.9. The molecule has 118 valence electrons. The lowest BCUT2D eigenvalue weighted by Gasteiger charge is -2.31. The minimum Gasteiger partial charge on any atom is -0.391 e. The van der Waals surface area contributed by atoms with Crippen LogP contribution in [-0.2, 0) is 4.79 Å². The van der Waals surface area contributed by atoms with E-state index in [1.54, 1.807) is 6.08 Å². The van der Waals surface area contributed by atoms with Crippen LogP contribution in [0.25, 0.3) is 0 Å². The van der Waals surface area contributed by atoms with Gasteiger partial charge in [-0.1, -0.05) is 25.8 Å². The van der Waals surface area contributed by atoms with Crippen molar-refractivity contribution < 1.29 is 14.4 Å². The van der Waals surface area contributed by atoms with Gasteiger partial charge >= 0.3 is 0 Å². The Balaban J connectivity index is 4.14. The fourth-order valence-electron chi connectivity index (χ4n) is 2.00. The molecule has 0 unspecified atom stereocenters. The maximum Gasteiger partial charge on any atom is 0.246 e. The second kappa shape index (κ2) is 10.9. The van der Waals surface area contributed by atoms with E-state index in [9.17, 15) is 4.79 Å². The Labute approximate surface area is 124 Å². The molecule has 0 aromatic heterocycles. The maximum atomic E-state index is 12.1. The number of aliphatic hydroxyl groups excluding tert-OH is 1. The first kappa shape index (κ1) is 19.1. The predicted molar refractivity (Wildman–Crippen MR) is 84.5 cm³/mol. The van der Waals surface area contributed by atoms with Crippen molar-refractivity contribution in [3.8, 4) is 0 Å². The number of nitrogens with zero attached hydrogens (tertiary/aromatic N) is 2. The molecule has 0 aliphatic heterocycles. The zero-order chi connectivity index (χ0) is 15.4. The van der Waals surface area contributed by atoms with Crippen LogP contribution in [0.15, 0.2) is 12.2 Å². The Kier molecular flexibility index (Phi) is 10.4. The van der Waals surface area contributed by atoms with Crippen molar-refractivity contribution >= 4 is 5.91 Å². The standard InChI is InChI=1S/C16H33N2O2/c1-5-7-8-9-10-11-16(20)17(6-2)12-13-18(3,4)14-15-19/h10-11,19H,5-9,12-15H2,1-4H3/q+1/b11-10+. The molecule has 0 heterocycles.